The quantitative estimate of drug-likeness (QED) is 0.812. The maximum absolute atomic E-state index is 11.8. The van der Waals surface area contributed by atoms with E-state index in [1.807, 2.05) is 6.92 Å². The van der Waals surface area contributed by atoms with Gasteiger partial charge in [0, 0.05) is 4.88 Å². The largest absolute Gasteiger partial charge is 0.496 e. The van der Waals surface area contributed by atoms with Gasteiger partial charge in [-0.15, -0.1) is 11.3 Å². The van der Waals surface area contributed by atoms with Crippen LogP contribution in [0.3, 0.4) is 0 Å². The highest BCUT2D eigenvalue weighted by molar-refractivity contribution is 7.13. The van der Waals surface area contributed by atoms with Crippen LogP contribution in [0, 0.1) is 6.92 Å². The zero-order valence-electron chi connectivity index (χ0n) is 12.8. The zero-order valence-corrected chi connectivity index (χ0v) is 13.6. The minimum atomic E-state index is -0.967. The van der Waals surface area contributed by atoms with E-state index < -0.39 is 5.97 Å². The lowest BCUT2D eigenvalue weighted by Crippen LogP contribution is -2.28. The van der Waals surface area contributed by atoms with Crippen LogP contribution in [-0.4, -0.2) is 30.7 Å². The minimum Gasteiger partial charge on any atom is -0.496 e. The molecule has 0 radical (unpaired) electrons. The lowest BCUT2D eigenvalue weighted by Gasteiger charge is -2.09. The Kier molecular flexibility index (Phi) is 5.59. The van der Waals surface area contributed by atoms with E-state index in [4.69, 9.17) is 14.6 Å². The van der Waals surface area contributed by atoms with Crippen LogP contribution in [-0.2, 0) is 11.3 Å². The molecule has 0 fully saturated rings. The number of aromatic carboxylic acids is 1. The van der Waals surface area contributed by atoms with Crippen molar-refractivity contribution in [3.63, 3.8) is 0 Å². The van der Waals surface area contributed by atoms with Crippen LogP contribution in [0.15, 0.2) is 30.3 Å². The maximum atomic E-state index is 11.8. The molecule has 2 N–H and O–H groups in total. The summed E-state index contributed by atoms with van der Waals surface area (Å²) in [4.78, 5) is 23.6. The number of benzene rings is 1. The van der Waals surface area contributed by atoms with Gasteiger partial charge in [0.25, 0.3) is 5.91 Å². The average molecular weight is 335 g/mol. The van der Waals surface area contributed by atoms with Crippen molar-refractivity contribution in [3.05, 3.63) is 45.6 Å². The SMILES string of the molecule is COc1ccc(OCC(=O)NCc2ccc(C(=O)O)s2)cc1C. The number of amides is 1. The first-order valence-corrected chi connectivity index (χ1v) is 7.67. The molecule has 0 unspecified atom stereocenters. The summed E-state index contributed by atoms with van der Waals surface area (Å²) in [5.74, 6) is 0.103. The van der Waals surface area contributed by atoms with Crippen LogP contribution in [0.2, 0.25) is 0 Å². The van der Waals surface area contributed by atoms with E-state index in [0.29, 0.717) is 5.75 Å². The van der Waals surface area contributed by atoms with E-state index in [1.165, 1.54) is 6.07 Å². The predicted octanol–water partition coefficient (Wildman–Crippen LogP) is 2.46. The molecule has 0 aliphatic rings. The Morgan fingerprint density at radius 3 is 2.65 bits per heavy atom. The fourth-order valence-corrected chi connectivity index (χ4v) is 2.70. The summed E-state index contributed by atoms with van der Waals surface area (Å²) in [7, 11) is 1.59. The number of carbonyl (C=O) groups is 2. The first kappa shape index (κ1) is 16.8. The third kappa shape index (κ3) is 4.72. The molecule has 0 aliphatic carbocycles. The van der Waals surface area contributed by atoms with Gasteiger partial charge in [-0.25, -0.2) is 4.79 Å². The summed E-state index contributed by atoms with van der Waals surface area (Å²) < 4.78 is 10.6. The highest BCUT2D eigenvalue weighted by Gasteiger charge is 2.09. The number of aryl methyl sites for hydroxylation is 1. The van der Waals surface area contributed by atoms with Crippen molar-refractivity contribution >= 4 is 23.2 Å². The van der Waals surface area contributed by atoms with Crippen LogP contribution in [0.1, 0.15) is 20.1 Å². The molecular weight excluding hydrogens is 318 g/mol. The standard InChI is InChI=1S/C16H17NO5S/c1-10-7-11(3-5-13(10)21-2)22-9-15(18)17-8-12-4-6-14(23-12)16(19)20/h3-7H,8-9H2,1-2H3,(H,17,18)(H,19,20). The number of carboxylic acid groups (broad SMARTS) is 1. The summed E-state index contributed by atoms with van der Waals surface area (Å²) in [5.41, 5.74) is 0.921. The van der Waals surface area contributed by atoms with E-state index in [1.54, 1.807) is 31.4 Å². The summed E-state index contributed by atoms with van der Waals surface area (Å²) >= 11 is 1.13. The first-order valence-electron chi connectivity index (χ1n) is 6.85. The van der Waals surface area contributed by atoms with Gasteiger partial charge in [0.2, 0.25) is 0 Å². The molecule has 0 saturated carbocycles. The Morgan fingerprint density at radius 1 is 1.26 bits per heavy atom. The molecule has 6 nitrogen and oxygen atoms in total. The third-order valence-corrected chi connectivity index (χ3v) is 4.14. The highest BCUT2D eigenvalue weighted by Crippen LogP contribution is 2.22. The summed E-state index contributed by atoms with van der Waals surface area (Å²) in [6.07, 6.45) is 0. The molecule has 0 aliphatic heterocycles. The molecule has 7 heteroatoms. The van der Waals surface area contributed by atoms with E-state index in [2.05, 4.69) is 5.32 Å². The summed E-state index contributed by atoms with van der Waals surface area (Å²) in [6, 6.07) is 8.51. The Hall–Kier alpha value is -2.54. The molecular formula is C16H17NO5S. The number of hydrogen-bond donors (Lipinski definition) is 2. The molecule has 1 aromatic heterocycles. The molecule has 0 spiro atoms. The fourth-order valence-electron chi connectivity index (χ4n) is 1.91. The molecule has 2 aromatic rings. The zero-order chi connectivity index (χ0) is 16.8. The lowest BCUT2D eigenvalue weighted by molar-refractivity contribution is -0.123. The average Bonchev–Trinajstić information content (AvgIpc) is 3.00. The lowest BCUT2D eigenvalue weighted by atomic mass is 10.2. The van der Waals surface area contributed by atoms with Gasteiger partial charge < -0.3 is 19.9 Å². The Labute approximate surface area is 137 Å². The van der Waals surface area contributed by atoms with Gasteiger partial charge in [-0.1, -0.05) is 0 Å². The molecule has 122 valence electrons. The van der Waals surface area contributed by atoms with E-state index in [-0.39, 0.29) is 23.9 Å². The van der Waals surface area contributed by atoms with Crippen LogP contribution >= 0.6 is 11.3 Å². The second kappa shape index (κ2) is 7.64. The van der Waals surface area contributed by atoms with Crippen molar-refractivity contribution in [2.24, 2.45) is 0 Å². The molecule has 0 saturated heterocycles. The van der Waals surface area contributed by atoms with Crippen molar-refractivity contribution in [1.29, 1.82) is 0 Å². The van der Waals surface area contributed by atoms with Crippen molar-refractivity contribution in [1.82, 2.24) is 5.32 Å². The fraction of sp³-hybridized carbons (Fsp3) is 0.250. The van der Waals surface area contributed by atoms with Crippen LogP contribution in [0.25, 0.3) is 0 Å². The van der Waals surface area contributed by atoms with Gasteiger partial charge in [0.1, 0.15) is 16.4 Å². The number of rotatable bonds is 7. The van der Waals surface area contributed by atoms with E-state index in [0.717, 1.165) is 27.5 Å². The van der Waals surface area contributed by atoms with E-state index >= 15 is 0 Å². The van der Waals surface area contributed by atoms with Crippen LogP contribution in [0.5, 0.6) is 11.5 Å². The number of carboxylic acids is 1. The molecule has 1 heterocycles. The summed E-state index contributed by atoms with van der Waals surface area (Å²) in [5, 5.41) is 11.5. The normalized spacial score (nSPS) is 10.2. The van der Waals surface area contributed by atoms with Crippen LogP contribution < -0.4 is 14.8 Å². The molecule has 0 atom stereocenters. The van der Waals surface area contributed by atoms with Gasteiger partial charge in [-0.2, -0.15) is 0 Å². The van der Waals surface area contributed by atoms with E-state index in [9.17, 15) is 9.59 Å². The van der Waals surface area contributed by atoms with Crippen molar-refractivity contribution in [3.8, 4) is 11.5 Å². The number of carbonyl (C=O) groups excluding carboxylic acids is 1. The molecule has 23 heavy (non-hydrogen) atoms. The molecule has 1 amide bonds. The molecule has 1 aromatic carbocycles. The highest BCUT2D eigenvalue weighted by atomic mass is 32.1. The topological polar surface area (TPSA) is 84.9 Å². The number of ether oxygens (including phenoxy) is 2. The number of thiophene rings is 1. The summed E-state index contributed by atoms with van der Waals surface area (Å²) in [6.45, 7) is 2.06. The van der Waals surface area contributed by atoms with Gasteiger partial charge in [0.05, 0.1) is 13.7 Å². The molecule has 2 rings (SSSR count). The number of nitrogens with one attached hydrogen (secondary N) is 1. The number of methoxy groups -OCH3 is 1. The Bertz CT molecular complexity index is 710. The van der Waals surface area contributed by atoms with Crippen molar-refractivity contribution < 1.29 is 24.2 Å². The molecule has 0 bridgehead atoms. The Morgan fingerprint density at radius 2 is 2.04 bits per heavy atom. The van der Waals surface area contributed by atoms with Gasteiger partial charge in [0.15, 0.2) is 6.61 Å². The predicted molar refractivity (Wildman–Crippen MR) is 86.4 cm³/mol. The first-order chi connectivity index (χ1) is 11.0. The maximum Gasteiger partial charge on any atom is 0.345 e. The van der Waals surface area contributed by atoms with Gasteiger partial charge >= 0.3 is 5.97 Å². The smallest absolute Gasteiger partial charge is 0.345 e. The minimum absolute atomic E-state index is 0.108. The second-order valence-electron chi connectivity index (χ2n) is 4.77. The monoisotopic (exact) mass is 335 g/mol. The number of hydrogen-bond acceptors (Lipinski definition) is 5. The Balaban J connectivity index is 1.80. The van der Waals surface area contributed by atoms with Crippen molar-refractivity contribution in [2.45, 2.75) is 13.5 Å². The van der Waals surface area contributed by atoms with Crippen LogP contribution in [0.4, 0.5) is 0 Å². The van der Waals surface area contributed by atoms with Gasteiger partial charge in [-0.05, 0) is 42.8 Å². The second-order valence-corrected chi connectivity index (χ2v) is 5.94. The third-order valence-electron chi connectivity index (χ3n) is 3.07. The van der Waals surface area contributed by atoms with Crippen molar-refractivity contribution in [2.75, 3.05) is 13.7 Å². The van der Waals surface area contributed by atoms with Gasteiger partial charge in [-0.3, -0.25) is 4.79 Å².